The molecule has 0 radical (unpaired) electrons. The number of hydrogen-bond acceptors (Lipinski definition) is 4. The Balaban J connectivity index is 2.11. The zero-order valence-electron chi connectivity index (χ0n) is 11.6. The van der Waals surface area contributed by atoms with Gasteiger partial charge in [0, 0.05) is 6.04 Å². The first-order valence-corrected chi connectivity index (χ1v) is 7.23. The summed E-state index contributed by atoms with van der Waals surface area (Å²) >= 11 is 0.464. The number of nitrogen functional groups attached to an aromatic ring is 1. The maximum absolute atomic E-state index is 12.8. The molecule has 0 aliphatic carbocycles. The van der Waals surface area contributed by atoms with Crippen molar-refractivity contribution in [2.75, 3.05) is 5.73 Å². The van der Waals surface area contributed by atoms with Crippen molar-refractivity contribution in [3.63, 3.8) is 0 Å². The van der Waals surface area contributed by atoms with Gasteiger partial charge in [-0.15, -0.1) is 0 Å². The number of nitrogens with two attached hydrogens (primary N) is 1. The second-order valence-electron chi connectivity index (χ2n) is 4.83. The molecule has 4 nitrogen and oxygen atoms in total. The number of nitrogens with one attached hydrogen (secondary N) is 1. The molecule has 1 aromatic heterocycles. The first-order valence-electron chi connectivity index (χ1n) is 6.46. The Kier molecular flexibility index (Phi) is 4.70. The molecule has 0 fully saturated rings. The first-order chi connectivity index (χ1) is 10.3. The minimum Gasteiger partial charge on any atom is -0.389 e. The molecule has 118 valence electrons. The van der Waals surface area contributed by atoms with Crippen molar-refractivity contribution in [2.45, 2.75) is 25.6 Å². The summed E-state index contributed by atoms with van der Waals surface area (Å²) in [7, 11) is 0. The van der Waals surface area contributed by atoms with Crippen molar-refractivity contribution >= 4 is 22.4 Å². The first kappa shape index (κ1) is 16.3. The average Bonchev–Trinajstić information content (AvgIpc) is 2.81. The zero-order chi connectivity index (χ0) is 16.3. The third-order valence-electron chi connectivity index (χ3n) is 2.98. The van der Waals surface area contributed by atoms with Gasteiger partial charge in [-0.3, -0.25) is 4.79 Å². The highest BCUT2D eigenvalue weighted by molar-refractivity contribution is 7.10. The molecule has 0 unspecified atom stereocenters. The normalized spacial score (nSPS) is 12.9. The van der Waals surface area contributed by atoms with E-state index >= 15 is 0 Å². The molecule has 0 bridgehead atoms. The van der Waals surface area contributed by atoms with Gasteiger partial charge in [0.25, 0.3) is 5.91 Å². The molecule has 1 amide bonds. The monoisotopic (exact) mass is 329 g/mol. The van der Waals surface area contributed by atoms with Crippen molar-refractivity contribution in [1.82, 2.24) is 9.69 Å². The molecule has 0 spiro atoms. The number of carbonyl (C=O) groups excluding carboxylic acids is 1. The molecule has 0 saturated carbocycles. The van der Waals surface area contributed by atoms with Crippen LogP contribution < -0.4 is 11.1 Å². The van der Waals surface area contributed by atoms with Crippen molar-refractivity contribution in [1.29, 1.82) is 0 Å². The van der Waals surface area contributed by atoms with Gasteiger partial charge in [-0.1, -0.05) is 30.3 Å². The molecule has 8 heteroatoms. The van der Waals surface area contributed by atoms with Gasteiger partial charge in [0.15, 0.2) is 5.69 Å². The average molecular weight is 329 g/mol. The number of carbonyl (C=O) groups is 1. The maximum Gasteiger partial charge on any atom is 0.435 e. The fourth-order valence-corrected chi connectivity index (χ4v) is 2.70. The molecule has 1 aromatic carbocycles. The second-order valence-corrected chi connectivity index (χ2v) is 5.64. The van der Waals surface area contributed by atoms with Gasteiger partial charge in [-0.25, -0.2) is 0 Å². The minimum absolute atomic E-state index is 0.239. The Hall–Kier alpha value is -2.09. The summed E-state index contributed by atoms with van der Waals surface area (Å²) in [5.41, 5.74) is 4.60. The predicted molar refractivity (Wildman–Crippen MR) is 78.6 cm³/mol. The van der Waals surface area contributed by atoms with Gasteiger partial charge in [-0.2, -0.15) is 17.5 Å². The topological polar surface area (TPSA) is 68.0 Å². The zero-order valence-corrected chi connectivity index (χ0v) is 12.5. The summed E-state index contributed by atoms with van der Waals surface area (Å²) < 4.78 is 41.7. The van der Waals surface area contributed by atoms with Crippen molar-refractivity contribution in [2.24, 2.45) is 0 Å². The Morgan fingerprint density at radius 2 is 2.00 bits per heavy atom. The third-order valence-corrected chi connectivity index (χ3v) is 3.65. The number of rotatable bonds is 4. The molecule has 0 aliphatic heterocycles. The number of nitrogens with zero attached hydrogens (tertiary/aromatic N) is 1. The van der Waals surface area contributed by atoms with E-state index < -0.39 is 23.3 Å². The summed E-state index contributed by atoms with van der Waals surface area (Å²) in [4.78, 5) is 12.1. The van der Waals surface area contributed by atoms with E-state index in [4.69, 9.17) is 5.73 Å². The highest BCUT2D eigenvalue weighted by Gasteiger charge is 2.40. The minimum atomic E-state index is -4.70. The van der Waals surface area contributed by atoms with Crippen LogP contribution in [0.2, 0.25) is 0 Å². The van der Waals surface area contributed by atoms with Gasteiger partial charge in [0.2, 0.25) is 0 Å². The van der Waals surface area contributed by atoms with Gasteiger partial charge in [-0.05, 0) is 30.4 Å². The van der Waals surface area contributed by atoms with Crippen molar-refractivity contribution in [3.8, 4) is 0 Å². The molecule has 1 heterocycles. The van der Waals surface area contributed by atoms with Crippen molar-refractivity contribution < 1.29 is 18.0 Å². The fraction of sp³-hybridized carbons (Fsp3) is 0.286. The van der Waals surface area contributed by atoms with E-state index in [1.807, 2.05) is 30.3 Å². The molecule has 2 rings (SSSR count). The number of amides is 1. The van der Waals surface area contributed by atoms with Crippen LogP contribution in [-0.2, 0) is 12.6 Å². The van der Waals surface area contributed by atoms with E-state index in [1.165, 1.54) is 0 Å². The Morgan fingerprint density at radius 3 is 2.59 bits per heavy atom. The van der Waals surface area contributed by atoms with Crippen LogP contribution in [0.3, 0.4) is 0 Å². The van der Waals surface area contributed by atoms with Crippen LogP contribution >= 0.6 is 11.5 Å². The smallest absolute Gasteiger partial charge is 0.389 e. The van der Waals surface area contributed by atoms with E-state index in [0.29, 0.717) is 18.0 Å². The van der Waals surface area contributed by atoms with E-state index in [1.54, 1.807) is 6.92 Å². The van der Waals surface area contributed by atoms with Crippen LogP contribution in [-0.4, -0.2) is 16.3 Å². The lowest BCUT2D eigenvalue weighted by Crippen LogP contribution is -2.35. The maximum atomic E-state index is 12.8. The molecule has 3 N–H and O–H groups in total. The quantitative estimate of drug-likeness (QED) is 0.906. The lowest BCUT2D eigenvalue weighted by atomic mass is 10.1. The molecule has 22 heavy (non-hydrogen) atoms. The lowest BCUT2D eigenvalue weighted by Gasteiger charge is -2.15. The van der Waals surface area contributed by atoms with E-state index in [-0.39, 0.29) is 11.0 Å². The van der Waals surface area contributed by atoms with E-state index in [2.05, 4.69) is 9.69 Å². The van der Waals surface area contributed by atoms with Crippen molar-refractivity contribution in [3.05, 3.63) is 47.2 Å². The van der Waals surface area contributed by atoms with E-state index in [9.17, 15) is 18.0 Å². The Morgan fingerprint density at radius 1 is 1.36 bits per heavy atom. The van der Waals surface area contributed by atoms with Crippen LogP contribution in [0, 0.1) is 0 Å². The summed E-state index contributed by atoms with van der Waals surface area (Å²) in [6.07, 6.45) is -4.20. The molecular weight excluding hydrogens is 315 g/mol. The number of halogens is 3. The van der Waals surface area contributed by atoms with Gasteiger partial charge in [0.05, 0.1) is 0 Å². The standard InChI is InChI=1S/C14H14F3N3OS/c1-8(7-9-5-3-2-4-6-9)19-13(21)10-11(14(15,16)17)20-22-12(10)18/h2-6,8H,7,18H2,1H3,(H,19,21)/t8-/m1/s1. The molecule has 1 atom stereocenters. The van der Waals surface area contributed by atoms with Crippen LogP contribution in [0.1, 0.15) is 28.5 Å². The van der Waals surface area contributed by atoms with Crippen LogP contribution in [0.5, 0.6) is 0 Å². The SMILES string of the molecule is C[C@H](Cc1ccccc1)NC(=O)c1c(C(F)(F)F)nsc1N. The number of benzene rings is 1. The van der Waals surface area contributed by atoms with Crippen LogP contribution in [0.4, 0.5) is 18.2 Å². The molecule has 2 aromatic rings. The molecule has 0 saturated heterocycles. The second kappa shape index (κ2) is 6.35. The number of hydrogen-bond donors (Lipinski definition) is 2. The Labute approximate surface area is 129 Å². The van der Waals surface area contributed by atoms with Crippen LogP contribution in [0.25, 0.3) is 0 Å². The highest BCUT2D eigenvalue weighted by Crippen LogP contribution is 2.35. The summed E-state index contributed by atoms with van der Waals surface area (Å²) in [5, 5.41) is 2.29. The largest absolute Gasteiger partial charge is 0.435 e. The summed E-state index contributed by atoms with van der Waals surface area (Å²) in [6, 6.07) is 8.99. The predicted octanol–water partition coefficient (Wildman–Crippen LogP) is 3.11. The van der Waals surface area contributed by atoms with Crippen LogP contribution in [0.15, 0.2) is 30.3 Å². The van der Waals surface area contributed by atoms with Gasteiger partial charge < -0.3 is 11.1 Å². The van der Waals surface area contributed by atoms with Gasteiger partial charge >= 0.3 is 6.18 Å². The molecular formula is C14H14F3N3OS. The van der Waals surface area contributed by atoms with Gasteiger partial charge in [0.1, 0.15) is 10.6 Å². The summed E-state index contributed by atoms with van der Waals surface area (Å²) in [5.74, 6) is -0.859. The highest BCUT2D eigenvalue weighted by atomic mass is 32.1. The summed E-state index contributed by atoms with van der Waals surface area (Å²) in [6.45, 7) is 1.72. The Bertz CT molecular complexity index is 655. The number of aromatic nitrogens is 1. The third kappa shape index (κ3) is 3.76. The lowest BCUT2D eigenvalue weighted by molar-refractivity contribution is -0.140. The van der Waals surface area contributed by atoms with E-state index in [0.717, 1.165) is 5.56 Å². The number of anilines is 1. The number of alkyl halides is 3. The fourth-order valence-electron chi connectivity index (χ4n) is 2.03. The molecule has 0 aliphatic rings.